The zero-order chi connectivity index (χ0) is 31.7. The molecule has 0 radical (unpaired) electrons. The molecule has 0 saturated heterocycles. The number of aromatic nitrogens is 1. The summed E-state index contributed by atoms with van der Waals surface area (Å²) in [6.45, 7) is 2.20. The first-order valence-corrected chi connectivity index (χ1v) is 17.5. The van der Waals surface area contributed by atoms with E-state index >= 15 is 0 Å². The fourth-order valence-electron chi connectivity index (χ4n) is 8.79. The maximum Gasteiger partial charge on any atom is 0.309 e. The van der Waals surface area contributed by atoms with E-state index < -0.39 is 29.7 Å². The lowest BCUT2D eigenvalue weighted by Crippen LogP contribution is -2.45. The van der Waals surface area contributed by atoms with Crippen LogP contribution in [0.1, 0.15) is 122 Å². The number of aliphatic carboxylic acids is 1. The number of hydrogen-bond acceptors (Lipinski definition) is 7. The van der Waals surface area contributed by atoms with Crippen molar-refractivity contribution in [2.24, 2.45) is 29.1 Å². The van der Waals surface area contributed by atoms with Crippen molar-refractivity contribution in [3.63, 3.8) is 0 Å². The van der Waals surface area contributed by atoms with Crippen LogP contribution in [0.2, 0.25) is 0 Å². The second-order valence-corrected chi connectivity index (χ2v) is 14.4. The van der Waals surface area contributed by atoms with Crippen molar-refractivity contribution in [1.29, 1.82) is 0 Å². The van der Waals surface area contributed by atoms with Crippen molar-refractivity contribution in [3.8, 4) is 0 Å². The largest absolute Gasteiger partial charge is 0.481 e. The summed E-state index contributed by atoms with van der Waals surface area (Å²) in [5.74, 6) is -0.754. The van der Waals surface area contributed by atoms with Crippen molar-refractivity contribution in [2.45, 2.75) is 146 Å². The Morgan fingerprint density at radius 3 is 2.50 bits per heavy atom. The number of anilines is 1. The minimum Gasteiger partial charge on any atom is -0.481 e. The normalized spacial score (nSPS) is 31.0. The molecule has 1 aromatic heterocycles. The molecule has 248 valence electrons. The highest BCUT2D eigenvalue weighted by atomic mass is 16.4. The monoisotopic (exact) mass is 614 g/mol. The minimum absolute atomic E-state index is 0.0729. The van der Waals surface area contributed by atoms with Gasteiger partial charge in [0.05, 0.1) is 29.8 Å². The van der Waals surface area contributed by atoms with Gasteiger partial charge in [0.2, 0.25) is 0 Å². The van der Waals surface area contributed by atoms with Gasteiger partial charge in [0.1, 0.15) is 5.82 Å². The zero-order valence-corrected chi connectivity index (χ0v) is 26.8. The molecule has 3 aliphatic rings. The first-order chi connectivity index (χ1) is 21.1. The molecule has 0 aliphatic heterocycles. The maximum atomic E-state index is 12.1. The number of aliphatic hydroxyl groups is 4. The average Bonchev–Trinajstić information content (AvgIpc) is 3.55. The van der Waals surface area contributed by atoms with Crippen molar-refractivity contribution in [2.75, 3.05) is 5.73 Å². The first kappa shape index (κ1) is 34.9. The second-order valence-electron chi connectivity index (χ2n) is 14.4. The Morgan fingerprint density at radius 1 is 1.07 bits per heavy atom. The van der Waals surface area contributed by atoms with E-state index in [-0.39, 0.29) is 36.2 Å². The Labute approximate surface area is 264 Å². The lowest BCUT2D eigenvalue weighted by Gasteiger charge is -2.37. The summed E-state index contributed by atoms with van der Waals surface area (Å²) >= 11 is 0. The third kappa shape index (κ3) is 8.62. The third-order valence-corrected chi connectivity index (χ3v) is 11.4. The number of carbonyl (C=O) groups is 1. The second kappa shape index (κ2) is 16.0. The predicted octanol–water partition coefficient (Wildman–Crippen LogP) is 5.80. The molecule has 8 heteroatoms. The summed E-state index contributed by atoms with van der Waals surface area (Å²) in [5.41, 5.74) is 5.21. The standard InChI is InChI=1S/C36H58N2O6/c1-2-3-5-10-25-13-14-27(31(40)22-25)11-6-4-7-12-29(33(41)42)30(39)15-19-36(44)24-28(21-26-16-20-38-32(37)23-26)35(34(36)43)17-8-9-18-35/h13-14,16,20,23,25,27-31,34,39-40,43-44H,2-12,15,17-19,21-22,24H2,1H3,(H2,37,38)(H,41,42)/t25-,27-,28+,29+,30-,31-,34-,36-/m1/s1. The number of nitrogens with zero attached hydrogens (tertiary/aromatic N) is 1. The summed E-state index contributed by atoms with van der Waals surface area (Å²) in [6, 6.07) is 3.79. The van der Waals surface area contributed by atoms with Gasteiger partial charge in [-0.1, -0.05) is 70.4 Å². The number of rotatable bonds is 17. The van der Waals surface area contributed by atoms with Crippen LogP contribution in [0.15, 0.2) is 30.5 Å². The van der Waals surface area contributed by atoms with E-state index in [1.54, 1.807) is 6.20 Å². The molecule has 8 atom stereocenters. The molecular formula is C36H58N2O6. The van der Waals surface area contributed by atoms with E-state index in [1.165, 1.54) is 19.3 Å². The Hall–Kier alpha value is -2.00. The SMILES string of the molecule is CCCCC[C@@H]1C=C[C@@H](CCCCC[C@H](C(=O)O)[C@H](O)CC[C@@]2(O)C[C@H](Cc3ccnc(N)c3)C3(CCCC3)[C@H]2O)[C@H](O)C1. The van der Waals surface area contributed by atoms with Crippen LogP contribution in [0.3, 0.4) is 0 Å². The highest BCUT2D eigenvalue weighted by molar-refractivity contribution is 5.70. The van der Waals surface area contributed by atoms with Crippen LogP contribution in [0.25, 0.3) is 0 Å². The fraction of sp³-hybridized carbons (Fsp3) is 0.778. The predicted molar refractivity (Wildman–Crippen MR) is 173 cm³/mol. The summed E-state index contributed by atoms with van der Waals surface area (Å²) in [5, 5.41) is 54.8. The third-order valence-electron chi connectivity index (χ3n) is 11.4. The summed E-state index contributed by atoms with van der Waals surface area (Å²) in [7, 11) is 0. The van der Waals surface area contributed by atoms with Crippen LogP contribution in [0.5, 0.6) is 0 Å². The molecule has 44 heavy (non-hydrogen) atoms. The Balaban J connectivity index is 1.24. The molecule has 1 heterocycles. The van der Waals surface area contributed by atoms with E-state index in [2.05, 4.69) is 24.1 Å². The summed E-state index contributed by atoms with van der Waals surface area (Å²) in [6.07, 6.45) is 18.3. The van der Waals surface area contributed by atoms with Gasteiger partial charge in [0.25, 0.3) is 0 Å². The van der Waals surface area contributed by atoms with Gasteiger partial charge < -0.3 is 31.3 Å². The molecule has 4 rings (SSSR count). The molecule has 0 bridgehead atoms. The van der Waals surface area contributed by atoms with Gasteiger partial charge in [-0.2, -0.15) is 0 Å². The number of allylic oxidation sites excluding steroid dienone is 1. The van der Waals surface area contributed by atoms with Crippen molar-refractivity contribution in [3.05, 3.63) is 36.0 Å². The van der Waals surface area contributed by atoms with Crippen molar-refractivity contribution < 1.29 is 30.3 Å². The van der Waals surface area contributed by atoms with Crippen LogP contribution >= 0.6 is 0 Å². The van der Waals surface area contributed by atoms with Crippen molar-refractivity contribution in [1.82, 2.24) is 4.98 Å². The van der Waals surface area contributed by atoms with E-state index in [0.717, 1.165) is 63.4 Å². The van der Waals surface area contributed by atoms with Gasteiger partial charge in [-0.05, 0) is 93.7 Å². The number of nitrogens with two attached hydrogens (primary N) is 1. The lowest BCUT2D eigenvalue weighted by atomic mass is 9.72. The first-order valence-electron chi connectivity index (χ1n) is 17.5. The van der Waals surface area contributed by atoms with Gasteiger partial charge in [-0.3, -0.25) is 4.79 Å². The Morgan fingerprint density at radius 2 is 1.82 bits per heavy atom. The topological polar surface area (TPSA) is 157 Å². The van der Waals surface area contributed by atoms with Gasteiger partial charge in [0, 0.05) is 17.5 Å². The van der Waals surface area contributed by atoms with Gasteiger partial charge in [-0.25, -0.2) is 4.98 Å². The fourth-order valence-corrected chi connectivity index (χ4v) is 8.79. The summed E-state index contributed by atoms with van der Waals surface area (Å²) in [4.78, 5) is 16.2. The smallest absolute Gasteiger partial charge is 0.309 e. The van der Waals surface area contributed by atoms with Gasteiger partial charge >= 0.3 is 5.97 Å². The molecule has 2 saturated carbocycles. The molecule has 0 amide bonds. The zero-order valence-electron chi connectivity index (χ0n) is 26.8. The molecular weight excluding hydrogens is 556 g/mol. The van der Waals surface area contributed by atoms with E-state index in [4.69, 9.17) is 5.73 Å². The average molecular weight is 615 g/mol. The molecule has 0 unspecified atom stereocenters. The van der Waals surface area contributed by atoms with Crippen LogP contribution in [-0.4, -0.2) is 60.4 Å². The molecule has 1 spiro atoms. The minimum atomic E-state index is -1.36. The highest BCUT2D eigenvalue weighted by Gasteiger charge is 2.61. The number of nitrogen functional groups attached to an aromatic ring is 1. The quantitative estimate of drug-likeness (QED) is 0.0949. The van der Waals surface area contributed by atoms with Crippen molar-refractivity contribution >= 4 is 11.8 Å². The van der Waals surface area contributed by atoms with E-state index in [9.17, 15) is 30.3 Å². The Bertz CT molecular complexity index is 1070. The number of pyridine rings is 1. The molecule has 2 fully saturated rings. The molecule has 8 nitrogen and oxygen atoms in total. The van der Waals surface area contributed by atoms with E-state index in [0.29, 0.717) is 37.4 Å². The lowest BCUT2D eigenvalue weighted by molar-refractivity contribution is -0.147. The maximum absolute atomic E-state index is 12.1. The van der Waals surface area contributed by atoms with Gasteiger partial charge in [-0.15, -0.1) is 0 Å². The number of unbranched alkanes of at least 4 members (excludes halogenated alkanes) is 4. The Kier molecular flexibility index (Phi) is 12.7. The number of carboxylic acid groups (broad SMARTS) is 1. The van der Waals surface area contributed by atoms with Gasteiger partial charge in [0.15, 0.2) is 0 Å². The molecule has 7 N–H and O–H groups in total. The number of aliphatic hydroxyl groups excluding tert-OH is 3. The van der Waals surface area contributed by atoms with Crippen LogP contribution < -0.4 is 5.73 Å². The van der Waals surface area contributed by atoms with E-state index in [1.807, 2.05) is 12.1 Å². The molecule has 3 aliphatic carbocycles. The van der Waals surface area contributed by atoms with Crippen LogP contribution in [-0.2, 0) is 11.2 Å². The van der Waals surface area contributed by atoms with Crippen LogP contribution in [0, 0.1) is 29.1 Å². The summed E-state index contributed by atoms with van der Waals surface area (Å²) < 4.78 is 0. The molecule has 0 aromatic carbocycles. The number of carboxylic acids is 1. The van der Waals surface area contributed by atoms with Crippen LogP contribution in [0.4, 0.5) is 5.82 Å². The highest BCUT2D eigenvalue weighted by Crippen LogP contribution is 2.59. The molecule has 1 aromatic rings. The number of hydrogen-bond donors (Lipinski definition) is 6.